The van der Waals surface area contributed by atoms with Gasteiger partial charge >= 0.3 is 5.97 Å². The third-order valence-electron chi connectivity index (χ3n) is 2.72. The fraction of sp³-hybridized carbons (Fsp3) is 0.250. The zero-order chi connectivity index (χ0) is 13.4. The summed E-state index contributed by atoms with van der Waals surface area (Å²) in [6.45, 7) is 1.57. The molecule has 0 amide bonds. The van der Waals surface area contributed by atoms with Gasteiger partial charge in [-0.1, -0.05) is 0 Å². The summed E-state index contributed by atoms with van der Waals surface area (Å²) in [5.41, 5.74) is 0.538. The highest BCUT2D eigenvalue weighted by atomic mass is 19.1. The first-order chi connectivity index (χ1) is 8.51. The molecule has 1 heterocycles. The molecule has 0 saturated carbocycles. The molecule has 0 atom stereocenters. The molecule has 0 radical (unpaired) electrons. The Bertz CT molecular complexity index is 634. The number of hydrogen-bond donors (Lipinski definition) is 1. The van der Waals surface area contributed by atoms with Crippen LogP contribution in [0.1, 0.15) is 16.1 Å². The Morgan fingerprint density at radius 2 is 1.94 bits per heavy atom. The number of carbonyl (C=O) groups is 1. The minimum atomic E-state index is -0.840. The van der Waals surface area contributed by atoms with Crippen molar-refractivity contribution >= 4 is 16.9 Å². The van der Waals surface area contributed by atoms with Gasteiger partial charge in [0.15, 0.2) is 11.6 Å². The number of hydrogen-bond acceptors (Lipinski definition) is 3. The van der Waals surface area contributed by atoms with Crippen LogP contribution in [0.4, 0.5) is 8.78 Å². The molecular weight excluding hydrogens is 244 g/mol. The Morgan fingerprint density at radius 1 is 1.28 bits per heavy atom. The largest absolute Gasteiger partial charge is 0.492 e. The van der Waals surface area contributed by atoms with Crippen molar-refractivity contribution in [3.8, 4) is 5.75 Å². The van der Waals surface area contributed by atoms with Gasteiger partial charge in [-0.15, -0.1) is 0 Å². The zero-order valence-electron chi connectivity index (χ0n) is 10.1. The monoisotopic (exact) mass is 255 g/mol. The van der Waals surface area contributed by atoms with E-state index < -0.39 is 17.6 Å². The summed E-state index contributed by atoms with van der Waals surface area (Å²) in [6, 6.07) is 0.681. The lowest BCUT2D eigenvalue weighted by atomic mass is 10.1. The van der Waals surface area contributed by atoms with Crippen LogP contribution in [0.2, 0.25) is 0 Å². The van der Waals surface area contributed by atoms with Crippen LogP contribution < -0.4 is 4.74 Å². The highest BCUT2D eigenvalue weighted by Gasteiger charge is 2.24. The SMILES string of the molecule is COC(=O)c1c(C)[nH]c2c(OC)c(F)cc(F)c12. The van der Waals surface area contributed by atoms with Crippen molar-refractivity contribution < 1.29 is 23.0 Å². The number of nitrogens with one attached hydrogen (secondary N) is 1. The van der Waals surface area contributed by atoms with E-state index in [2.05, 4.69) is 9.72 Å². The number of fused-ring (bicyclic) bond motifs is 1. The number of H-pyrrole nitrogens is 1. The lowest BCUT2D eigenvalue weighted by Gasteiger charge is -2.05. The topological polar surface area (TPSA) is 51.3 Å². The molecule has 6 heteroatoms. The van der Waals surface area contributed by atoms with E-state index >= 15 is 0 Å². The number of benzene rings is 1. The minimum absolute atomic E-state index is 0.0300. The summed E-state index contributed by atoms with van der Waals surface area (Å²) in [7, 11) is 2.46. The number of ether oxygens (including phenoxy) is 2. The van der Waals surface area contributed by atoms with Gasteiger partial charge in [-0.25, -0.2) is 13.6 Å². The number of aryl methyl sites for hydroxylation is 1. The van der Waals surface area contributed by atoms with Gasteiger partial charge in [0.05, 0.1) is 30.7 Å². The molecule has 2 rings (SSSR count). The number of aromatic nitrogens is 1. The Kier molecular flexibility index (Phi) is 2.94. The van der Waals surface area contributed by atoms with Crippen molar-refractivity contribution in [3.05, 3.63) is 29.0 Å². The quantitative estimate of drug-likeness (QED) is 0.839. The van der Waals surface area contributed by atoms with Gasteiger partial charge in [0.1, 0.15) is 5.82 Å². The molecule has 4 nitrogen and oxygen atoms in total. The van der Waals surface area contributed by atoms with Crippen LogP contribution >= 0.6 is 0 Å². The number of esters is 1. The number of methoxy groups -OCH3 is 2. The molecule has 0 saturated heterocycles. The van der Waals surface area contributed by atoms with E-state index in [1.807, 2.05) is 0 Å². The fourth-order valence-corrected chi connectivity index (χ4v) is 1.96. The van der Waals surface area contributed by atoms with Crippen LogP contribution in [0.15, 0.2) is 6.07 Å². The maximum absolute atomic E-state index is 13.8. The van der Waals surface area contributed by atoms with Gasteiger partial charge in [0, 0.05) is 11.8 Å². The average molecular weight is 255 g/mol. The Morgan fingerprint density at radius 3 is 2.50 bits per heavy atom. The number of rotatable bonds is 2. The molecule has 0 bridgehead atoms. The molecule has 0 fully saturated rings. The Hall–Kier alpha value is -2.11. The zero-order valence-corrected chi connectivity index (χ0v) is 10.1. The summed E-state index contributed by atoms with van der Waals surface area (Å²) in [6.07, 6.45) is 0. The van der Waals surface area contributed by atoms with E-state index in [1.54, 1.807) is 6.92 Å². The van der Waals surface area contributed by atoms with Gasteiger partial charge in [-0.3, -0.25) is 0 Å². The predicted octanol–water partition coefficient (Wildman–Crippen LogP) is 2.55. The summed E-state index contributed by atoms with van der Waals surface area (Å²) >= 11 is 0. The van der Waals surface area contributed by atoms with Gasteiger partial charge in [0.25, 0.3) is 0 Å². The second-order valence-corrected chi connectivity index (χ2v) is 3.74. The van der Waals surface area contributed by atoms with E-state index in [4.69, 9.17) is 4.74 Å². The highest BCUT2D eigenvalue weighted by Crippen LogP contribution is 2.34. The molecule has 1 aromatic carbocycles. The molecular formula is C12H11F2NO3. The Balaban J connectivity index is 2.91. The summed E-state index contributed by atoms with van der Waals surface area (Å²) < 4.78 is 36.8. The molecule has 18 heavy (non-hydrogen) atoms. The molecule has 0 unspecified atom stereocenters. The van der Waals surface area contributed by atoms with Crippen molar-refractivity contribution in [2.24, 2.45) is 0 Å². The molecule has 2 aromatic rings. The normalized spacial score (nSPS) is 10.7. The van der Waals surface area contributed by atoms with Crippen molar-refractivity contribution in [1.29, 1.82) is 0 Å². The molecule has 0 aliphatic heterocycles. The fourth-order valence-electron chi connectivity index (χ4n) is 1.96. The maximum Gasteiger partial charge on any atom is 0.340 e. The Labute approximate surface area is 102 Å². The molecule has 96 valence electrons. The van der Waals surface area contributed by atoms with Crippen molar-refractivity contribution in [2.45, 2.75) is 6.92 Å². The van der Waals surface area contributed by atoms with E-state index in [-0.39, 0.29) is 22.2 Å². The number of halogens is 2. The number of carbonyl (C=O) groups excluding carboxylic acids is 1. The van der Waals surface area contributed by atoms with Crippen LogP contribution in [0.5, 0.6) is 5.75 Å². The van der Waals surface area contributed by atoms with Crippen LogP contribution in [-0.2, 0) is 4.74 Å². The van der Waals surface area contributed by atoms with Crippen molar-refractivity contribution in [2.75, 3.05) is 14.2 Å². The second-order valence-electron chi connectivity index (χ2n) is 3.74. The van der Waals surface area contributed by atoms with Crippen molar-refractivity contribution in [3.63, 3.8) is 0 Å². The first kappa shape index (κ1) is 12.3. The van der Waals surface area contributed by atoms with Crippen LogP contribution in [0, 0.1) is 18.6 Å². The molecule has 1 N–H and O–H groups in total. The van der Waals surface area contributed by atoms with Gasteiger partial charge in [0.2, 0.25) is 0 Å². The first-order valence-electron chi connectivity index (χ1n) is 5.13. The van der Waals surface area contributed by atoms with E-state index in [0.29, 0.717) is 11.8 Å². The van der Waals surface area contributed by atoms with E-state index in [1.165, 1.54) is 14.2 Å². The smallest absolute Gasteiger partial charge is 0.340 e. The maximum atomic E-state index is 13.8. The van der Waals surface area contributed by atoms with Crippen LogP contribution in [-0.4, -0.2) is 25.2 Å². The summed E-state index contributed by atoms with van der Waals surface area (Å²) in [5.74, 6) is -2.50. The van der Waals surface area contributed by atoms with Crippen LogP contribution in [0.25, 0.3) is 10.9 Å². The highest BCUT2D eigenvalue weighted by molar-refractivity contribution is 6.07. The molecule has 1 aromatic heterocycles. The van der Waals surface area contributed by atoms with Crippen LogP contribution in [0.3, 0.4) is 0 Å². The molecule has 0 aliphatic rings. The first-order valence-corrected chi connectivity index (χ1v) is 5.13. The van der Waals surface area contributed by atoms with E-state index in [9.17, 15) is 13.6 Å². The van der Waals surface area contributed by atoms with Gasteiger partial charge < -0.3 is 14.5 Å². The average Bonchev–Trinajstić information content (AvgIpc) is 2.66. The third kappa shape index (κ3) is 1.61. The standard InChI is InChI=1S/C12H11F2NO3/c1-5-8(12(16)18-3)9-6(13)4-7(14)11(17-2)10(9)15-5/h4,15H,1-3H3. The summed E-state index contributed by atoms with van der Waals surface area (Å²) in [4.78, 5) is 14.3. The van der Waals surface area contributed by atoms with Gasteiger partial charge in [-0.2, -0.15) is 0 Å². The lowest BCUT2D eigenvalue weighted by Crippen LogP contribution is -2.03. The third-order valence-corrected chi connectivity index (χ3v) is 2.72. The predicted molar refractivity (Wildman–Crippen MR) is 60.8 cm³/mol. The minimum Gasteiger partial charge on any atom is -0.492 e. The van der Waals surface area contributed by atoms with Gasteiger partial charge in [-0.05, 0) is 6.92 Å². The lowest BCUT2D eigenvalue weighted by molar-refractivity contribution is 0.0602. The second kappa shape index (κ2) is 4.29. The molecule has 0 spiro atoms. The van der Waals surface area contributed by atoms with E-state index in [0.717, 1.165) is 0 Å². The molecule has 0 aliphatic carbocycles. The van der Waals surface area contributed by atoms with Crippen molar-refractivity contribution in [1.82, 2.24) is 4.98 Å². The number of aromatic amines is 1. The summed E-state index contributed by atoms with van der Waals surface area (Å²) in [5, 5.41) is -0.0300.